The van der Waals surface area contributed by atoms with E-state index in [1.807, 2.05) is 5.32 Å². The third-order valence-corrected chi connectivity index (χ3v) is 4.12. The van der Waals surface area contributed by atoms with Gasteiger partial charge in [-0.1, -0.05) is 30.0 Å². The molecule has 1 aromatic heterocycles. The van der Waals surface area contributed by atoms with E-state index in [1.165, 1.54) is 6.07 Å². The Morgan fingerprint density at radius 1 is 1.46 bits per heavy atom. The van der Waals surface area contributed by atoms with Crippen molar-refractivity contribution in [2.45, 2.75) is 23.9 Å². The highest BCUT2D eigenvalue weighted by atomic mass is 32.2. The van der Waals surface area contributed by atoms with Gasteiger partial charge in [-0.2, -0.15) is 0 Å². The molecule has 24 heavy (non-hydrogen) atoms. The first-order chi connectivity index (χ1) is 11.4. The van der Waals surface area contributed by atoms with Crippen LogP contribution in [0.15, 0.2) is 42.1 Å². The number of carbonyl (C=O) groups is 2. The van der Waals surface area contributed by atoms with Crippen LogP contribution in [0.25, 0.3) is 11.4 Å². The number of hydrogen-bond acceptors (Lipinski definition) is 5. The van der Waals surface area contributed by atoms with Crippen LogP contribution in [0, 0.1) is 5.82 Å². The number of urea groups is 1. The topological polar surface area (TPSA) is 103 Å². The molecule has 0 radical (unpaired) electrons. The predicted molar refractivity (Wildman–Crippen MR) is 88.7 cm³/mol. The molecule has 1 aromatic carbocycles. The summed E-state index contributed by atoms with van der Waals surface area (Å²) in [4.78, 5) is 22.5. The number of amides is 3. The monoisotopic (exact) mass is 349 g/mol. The van der Waals surface area contributed by atoms with Gasteiger partial charge in [0.25, 0.3) is 0 Å². The highest BCUT2D eigenvalue weighted by molar-refractivity contribution is 8.00. The number of halogens is 1. The lowest BCUT2D eigenvalue weighted by molar-refractivity contribution is -0.119. The van der Waals surface area contributed by atoms with Gasteiger partial charge in [-0.15, -0.1) is 16.8 Å². The molecule has 0 saturated heterocycles. The molecule has 0 saturated carbocycles. The summed E-state index contributed by atoms with van der Waals surface area (Å²) in [6, 6.07) is 5.28. The average molecular weight is 349 g/mol. The first-order valence-corrected chi connectivity index (χ1v) is 7.88. The van der Waals surface area contributed by atoms with Gasteiger partial charge in [0.15, 0.2) is 11.0 Å². The highest BCUT2D eigenvalue weighted by Gasteiger charge is 2.22. The first-order valence-electron chi connectivity index (χ1n) is 7.00. The normalized spacial score (nSPS) is 11.8. The molecular formula is C15H16FN5O2S. The van der Waals surface area contributed by atoms with E-state index >= 15 is 0 Å². The Kier molecular flexibility index (Phi) is 5.69. The van der Waals surface area contributed by atoms with Crippen molar-refractivity contribution in [1.82, 2.24) is 20.1 Å². The van der Waals surface area contributed by atoms with Crippen molar-refractivity contribution in [2.24, 2.45) is 5.73 Å². The number of primary amides is 1. The molecule has 3 amide bonds. The summed E-state index contributed by atoms with van der Waals surface area (Å²) in [6.07, 6.45) is 1.62. The lowest BCUT2D eigenvalue weighted by Gasteiger charge is -2.11. The van der Waals surface area contributed by atoms with Crippen molar-refractivity contribution in [2.75, 3.05) is 0 Å². The van der Waals surface area contributed by atoms with Gasteiger partial charge in [-0.05, 0) is 19.1 Å². The van der Waals surface area contributed by atoms with Gasteiger partial charge in [-0.25, -0.2) is 9.18 Å². The van der Waals surface area contributed by atoms with E-state index in [0.29, 0.717) is 23.1 Å². The first kappa shape index (κ1) is 17.7. The largest absolute Gasteiger partial charge is 0.351 e. The van der Waals surface area contributed by atoms with Gasteiger partial charge < -0.3 is 5.73 Å². The molecule has 1 unspecified atom stereocenters. The molecule has 1 heterocycles. The number of nitrogens with one attached hydrogen (secondary N) is 1. The van der Waals surface area contributed by atoms with Crippen LogP contribution in [-0.4, -0.2) is 32.0 Å². The standard InChI is InChI=1S/C15H16FN5O2S/c1-3-8-21-12(10-6-4-5-7-11(10)16)19-20-15(21)24-9(2)13(22)18-14(17)23/h3-7,9H,1,8H2,2H3,(H3,17,18,22,23). The number of nitrogens with two attached hydrogens (primary N) is 1. The number of carbonyl (C=O) groups excluding carboxylic acids is 2. The van der Waals surface area contributed by atoms with E-state index in [9.17, 15) is 14.0 Å². The molecule has 9 heteroatoms. The van der Waals surface area contributed by atoms with Gasteiger partial charge in [0.2, 0.25) is 5.91 Å². The van der Waals surface area contributed by atoms with Crippen LogP contribution >= 0.6 is 11.8 Å². The SMILES string of the molecule is C=CCn1c(SC(C)C(=O)NC(N)=O)nnc1-c1ccccc1F. The second-order valence-corrected chi connectivity index (χ2v) is 6.11. The quantitative estimate of drug-likeness (QED) is 0.613. The molecule has 0 aliphatic rings. The smallest absolute Gasteiger partial charge is 0.318 e. The van der Waals surface area contributed by atoms with E-state index in [1.54, 1.807) is 35.8 Å². The van der Waals surface area contributed by atoms with Crippen molar-refractivity contribution in [1.29, 1.82) is 0 Å². The van der Waals surface area contributed by atoms with E-state index in [2.05, 4.69) is 16.8 Å². The Balaban J connectivity index is 2.32. The molecule has 1 atom stereocenters. The number of nitrogens with zero attached hydrogens (tertiary/aromatic N) is 3. The van der Waals surface area contributed by atoms with Crippen LogP contribution in [0.4, 0.5) is 9.18 Å². The summed E-state index contributed by atoms with van der Waals surface area (Å²) in [7, 11) is 0. The molecular weight excluding hydrogens is 333 g/mol. The number of benzene rings is 1. The summed E-state index contributed by atoms with van der Waals surface area (Å²) in [6.45, 7) is 5.60. The molecule has 0 aliphatic heterocycles. The van der Waals surface area contributed by atoms with E-state index in [4.69, 9.17) is 5.73 Å². The van der Waals surface area contributed by atoms with Gasteiger partial charge in [-0.3, -0.25) is 14.7 Å². The Bertz CT molecular complexity index is 777. The van der Waals surface area contributed by atoms with Gasteiger partial charge in [0.1, 0.15) is 5.82 Å². The van der Waals surface area contributed by atoms with Crippen molar-refractivity contribution >= 4 is 23.7 Å². The zero-order valence-corrected chi connectivity index (χ0v) is 13.7. The van der Waals surface area contributed by atoms with E-state index < -0.39 is 23.0 Å². The maximum atomic E-state index is 14.0. The number of imide groups is 1. The summed E-state index contributed by atoms with van der Waals surface area (Å²) < 4.78 is 15.7. The third kappa shape index (κ3) is 3.99. The number of rotatable bonds is 6. The second kappa shape index (κ2) is 7.73. The molecule has 2 aromatic rings. The summed E-state index contributed by atoms with van der Waals surface area (Å²) in [5.41, 5.74) is 5.23. The number of allylic oxidation sites excluding steroid dienone is 1. The van der Waals surface area contributed by atoms with Gasteiger partial charge >= 0.3 is 6.03 Å². The molecule has 0 aliphatic carbocycles. The second-order valence-electron chi connectivity index (χ2n) is 4.80. The Morgan fingerprint density at radius 2 is 2.17 bits per heavy atom. The fourth-order valence-corrected chi connectivity index (χ4v) is 2.80. The zero-order valence-electron chi connectivity index (χ0n) is 12.9. The van der Waals surface area contributed by atoms with E-state index in [0.717, 1.165) is 11.8 Å². The van der Waals surface area contributed by atoms with Crippen molar-refractivity contribution in [3.05, 3.63) is 42.7 Å². The Labute approximate surface area is 142 Å². The van der Waals surface area contributed by atoms with Crippen molar-refractivity contribution in [3.63, 3.8) is 0 Å². The maximum absolute atomic E-state index is 14.0. The minimum atomic E-state index is -0.924. The van der Waals surface area contributed by atoms with Gasteiger partial charge in [0, 0.05) is 6.54 Å². The fraction of sp³-hybridized carbons (Fsp3) is 0.200. The highest BCUT2D eigenvalue weighted by Crippen LogP contribution is 2.28. The maximum Gasteiger partial charge on any atom is 0.318 e. The van der Waals surface area contributed by atoms with Crippen LogP contribution < -0.4 is 11.1 Å². The minimum absolute atomic E-state index is 0.299. The lowest BCUT2D eigenvalue weighted by atomic mass is 10.2. The Morgan fingerprint density at radius 3 is 2.79 bits per heavy atom. The summed E-state index contributed by atoms with van der Waals surface area (Å²) in [5.74, 6) is -0.641. The Hall–Kier alpha value is -2.68. The lowest BCUT2D eigenvalue weighted by Crippen LogP contribution is -2.39. The summed E-state index contributed by atoms with van der Waals surface area (Å²) >= 11 is 1.08. The fourth-order valence-electron chi connectivity index (χ4n) is 1.95. The average Bonchev–Trinajstić information content (AvgIpc) is 2.90. The van der Waals surface area contributed by atoms with Crippen LogP contribution in [0.3, 0.4) is 0 Å². The van der Waals surface area contributed by atoms with E-state index in [-0.39, 0.29) is 0 Å². The molecule has 0 spiro atoms. The van der Waals surface area contributed by atoms with Crippen LogP contribution in [0.2, 0.25) is 0 Å². The third-order valence-electron chi connectivity index (χ3n) is 3.04. The molecule has 126 valence electrons. The van der Waals surface area contributed by atoms with Crippen molar-refractivity contribution < 1.29 is 14.0 Å². The number of hydrogen-bond donors (Lipinski definition) is 2. The van der Waals surface area contributed by atoms with Crippen LogP contribution in [0.5, 0.6) is 0 Å². The van der Waals surface area contributed by atoms with Crippen LogP contribution in [-0.2, 0) is 11.3 Å². The molecule has 2 rings (SSSR count). The summed E-state index contributed by atoms with van der Waals surface area (Å²) in [5, 5.41) is 9.81. The number of thioether (sulfide) groups is 1. The zero-order chi connectivity index (χ0) is 17.7. The van der Waals surface area contributed by atoms with Crippen molar-refractivity contribution in [3.8, 4) is 11.4 Å². The molecule has 0 bridgehead atoms. The van der Waals surface area contributed by atoms with Crippen LogP contribution in [0.1, 0.15) is 6.92 Å². The molecule has 0 fully saturated rings. The van der Waals surface area contributed by atoms with Gasteiger partial charge in [0.05, 0.1) is 10.8 Å². The number of aromatic nitrogens is 3. The minimum Gasteiger partial charge on any atom is -0.351 e. The molecule has 3 N–H and O–H groups in total. The predicted octanol–water partition coefficient (Wildman–Crippen LogP) is 1.95. The molecule has 7 nitrogen and oxygen atoms in total.